The largest absolute Gasteiger partial charge is 0.372 e. The quantitative estimate of drug-likeness (QED) is 0.709. The lowest BCUT2D eigenvalue weighted by Crippen LogP contribution is -2.51. The van der Waals surface area contributed by atoms with Crippen molar-refractivity contribution in [2.24, 2.45) is 5.92 Å². The molecule has 0 aromatic rings. The number of carbonyl (C=O) groups is 2. The monoisotopic (exact) mass is 268 g/mol. The zero-order chi connectivity index (χ0) is 14.0. The van der Waals surface area contributed by atoms with E-state index in [-0.39, 0.29) is 29.9 Å². The maximum absolute atomic E-state index is 12.5. The lowest BCUT2D eigenvalue weighted by molar-refractivity contribution is -0.150. The second-order valence-electron chi connectivity index (χ2n) is 5.78. The van der Waals surface area contributed by atoms with Crippen molar-refractivity contribution >= 4 is 11.8 Å². The van der Waals surface area contributed by atoms with E-state index in [0.29, 0.717) is 26.2 Å². The molecular formula is C14H24N2O3. The lowest BCUT2D eigenvalue weighted by Gasteiger charge is -2.39. The minimum Gasteiger partial charge on any atom is -0.372 e. The van der Waals surface area contributed by atoms with Crippen LogP contribution in [-0.4, -0.2) is 60.0 Å². The van der Waals surface area contributed by atoms with Gasteiger partial charge >= 0.3 is 0 Å². The molecule has 5 nitrogen and oxygen atoms in total. The van der Waals surface area contributed by atoms with Crippen LogP contribution in [0.5, 0.6) is 0 Å². The molecule has 2 atom stereocenters. The number of hydrogen-bond donors (Lipinski definition) is 0. The summed E-state index contributed by atoms with van der Waals surface area (Å²) in [5, 5.41) is 0. The van der Waals surface area contributed by atoms with Gasteiger partial charge in [0.25, 0.3) is 0 Å². The molecule has 0 aromatic heterocycles. The standard InChI is InChI=1S/C14H24N2O3/c1-10-8-16(9-11(2)19-10)14(18)13-4-6-15(7-5-13)12(3)17/h10-11,13H,4-9H2,1-3H3/t10-,11+. The highest BCUT2D eigenvalue weighted by Gasteiger charge is 2.32. The molecule has 2 saturated heterocycles. The molecule has 0 spiro atoms. The van der Waals surface area contributed by atoms with Crippen LogP contribution in [0, 0.1) is 5.92 Å². The van der Waals surface area contributed by atoms with E-state index in [1.807, 2.05) is 23.6 Å². The minimum absolute atomic E-state index is 0.0769. The Hall–Kier alpha value is -1.10. The van der Waals surface area contributed by atoms with Crippen molar-refractivity contribution in [3.63, 3.8) is 0 Å². The van der Waals surface area contributed by atoms with Crippen LogP contribution < -0.4 is 0 Å². The van der Waals surface area contributed by atoms with Gasteiger partial charge in [0.15, 0.2) is 0 Å². The smallest absolute Gasteiger partial charge is 0.225 e. The van der Waals surface area contributed by atoms with Gasteiger partial charge in [0.2, 0.25) is 11.8 Å². The molecule has 0 aromatic carbocycles. The van der Waals surface area contributed by atoms with Crippen LogP contribution in [0.25, 0.3) is 0 Å². The number of piperidine rings is 1. The van der Waals surface area contributed by atoms with Crippen LogP contribution in [0.2, 0.25) is 0 Å². The predicted molar refractivity (Wildman–Crippen MR) is 71.6 cm³/mol. The lowest BCUT2D eigenvalue weighted by atomic mass is 9.94. The zero-order valence-electron chi connectivity index (χ0n) is 12.1. The molecule has 2 fully saturated rings. The van der Waals surface area contributed by atoms with E-state index in [9.17, 15) is 9.59 Å². The molecule has 2 rings (SSSR count). The third kappa shape index (κ3) is 3.47. The molecule has 0 unspecified atom stereocenters. The first-order chi connectivity index (χ1) is 8.97. The van der Waals surface area contributed by atoms with Crippen LogP contribution in [0.4, 0.5) is 0 Å². The summed E-state index contributed by atoms with van der Waals surface area (Å²) in [5.41, 5.74) is 0. The van der Waals surface area contributed by atoms with E-state index in [4.69, 9.17) is 4.74 Å². The molecule has 0 N–H and O–H groups in total. The summed E-state index contributed by atoms with van der Waals surface area (Å²) in [6, 6.07) is 0. The highest BCUT2D eigenvalue weighted by Crippen LogP contribution is 2.22. The Morgan fingerprint density at radius 1 is 1.00 bits per heavy atom. The molecule has 2 heterocycles. The Bertz CT molecular complexity index is 341. The average Bonchev–Trinajstić information content (AvgIpc) is 2.37. The SMILES string of the molecule is CC(=O)N1CCC(C(=O)N2C[C@@H](C)O[C@@H](C)C2)CC1. The number of carbonyl (C=O) groups excluding carboxylic acids is 2. The normalized spacial score (nSPS) is 29.4. The Labute approximate surface area is 114 Å². The van der Waals surface area contributed by atoms with Gasteiger partial charge in [0.05, 0.1) is 12.2 Å². The molecule has 2 aliphatic heterocycles. The second-order valence-corrected chi connectivity index (χ2v) is 5.78. The Balaban J connectivity index is 1.88. The zero-order valence-corrected chi connectivity index (χ0v) is 12.1. The Morgan fingerprint density at radius 3 is 2.00 bits per heavy atom. The first-order valence-electron chi connectivity index (χ1n) is 7.17. The third-order valence-corrected chi connectivity index (χ3v) is 4.02. The van der Waals surface area contributed by atoms with Crippen molar-refractivity contribution in [3.05, 3.63) is 0 Å². The number of morpholine rings is 1. The van der Waals surface area contributed by atoms with E-state index in [2.05, 4.69) is 0 Å². The van der Waals surface area contributed by atoms with Crippen LogP contribution in [0.15, 0.2) is 0 Å². The van der Waals surface area contributed by atoms with Gasteiger partial charge in [-0.3, -0.25) is 9.59 Å². The highest BCUT2D eigenvalue weighted by atomic mass is 16.5. The average molecular weight is 268 g/mol. The molecular weight excluding hydrogens is 244 g/mol. The molecule has 19 heavy (non-hydrogen) atoms. The predicted octanol–water partition coefficient (Wildman–Crippen LogP) is 0.881. The number of hydrogen-bond acceptors (Lipinski definition) is 3. The van der Waals surface area contributed by atoms with Crippen molar-refractivity contribution in [2.75, 3.05) is 26.2 Å². The van der Waals surface area contributed by atoms with Gasteiger partial charge in [-0.2, -0.15) is 0 Å². The van der Waals surface area contributed by atoms with Gasteiger partial charge in [-0.1, -0.05) is 0 Å². The summed E-state index contributed by atoms with van der Waals surface area (Å²) in [6.45, 7) is 8.41. The van der Waals surface area contributed by atoms with Crippen LogP contribution in [0.3, 0.4) is 0 Å². The van der Waals surface area contributed by atoms with Crippen molar-refractivity contribution in [1.29, 1.82) is 0 Å². The van der Waals surface area contributed by atoms with Crippen molar-refractivity contribution in [3.8, 4) is 0 Å². The highest BCUT2D eigenvalue weighted by molar-refractivity contribution is 5.80. The Kier molecular flexibility index (Phi) is 4.45. The molecule has 2 aliphatic rings. The molecule has 0 aliphatic carbocycles. The van der Waals surface area contributed by atoms with Crippen molar-refractivity contribution in [2.45, 2.75) is 45.8 Å². The van der Waals surface area contributed by atoms with Gasteiger partial charge < -0.3 is 14.5 Å². The fourth-order valence-corrected chi connectivity index (χ4v) is 3.06. The summed E-state index contributed by atoms with van der Waals surface area (Å²) in [4.78, 5) is 27.5. The number of likely N-dealkylation sites (tertiary alicyclic amines) is 1. The fraction of sp³-hybridized carbons (Fsp3) is 0.857. The summed E-state index contributed by atoms with van der Waals surface area (Å²) < 4.78 is 5.66. The molecule has 2 amide bonds. The van der Waals surface area contributed by atoms with Crippen LogP contribution >= 0.6 is 0 Å². The van der Waals surface area contributed by atoms with E-state index in [1.165, 1.54) is 0 Å². The second kappa shape index (κ2) is 5.90. The van der Waals surface area contributed by atoms with E-state index >= 15 is 0 Å². The number of amides is 2. The minimum atomic E-state index is 0.0769. The van der Waals surface area contributed by atoms with E-state index in [1.54, 1.807) is 6.92 Å². The molecule has 0 radical (unpaired) electrons. The van der Waals surface area contributed by atoms with E-state index < -0.39 is 0 Å². The molecule has 5 heteroatoms. The van der Waals surface area contributed by atoms with Crippen molar-refractivity contribution < 1.29 is 14.3 Å². The summed E-state index contributed by atoms with van der Waals surface area (Å²) in [7, 11) is 0. The maximum Gasteiger partial charge on any atom is 0.225 e. The molecule has 108 valence electrons. The van der Waals surface area contributed by atoms with Crippen LogP contribution in [-0.2, 0) is 14.3 Å². The van der Waals surface area contributed by atoms with Crippen LogP contribution in [0.1, 0.15) is 33.6 Å². The number of nitrogens with zero attached hydrogens (tertiary/aromatic N) is 2. The van der Waals surface area contributed by atoms with Gasteiger partial charge in [-0.25, -0.2) is 0 Å². The maximum atomic E-state index is 12.5. The Morgan fingerprint density at radius 2 is 1.53 bits per heavy atom. The summed E-state index contributed by atoms with van der Waals surface area (Å²) >= 11 is 0. The first kappa shape index (κ1) is 14.3. The van der Waals surface area contributed by atoms with Gasteiger partial charge in [-0.05, 0) is 26.7 Å². The first-order valence-corrected chi connectivity index (χ1v) is 7.17. The van der Waals surface area contributed by atoms with Crippen molar-refractivity contribution in [1.82, 2.24) is 9.80 Å². The molecule has 0 saturated carbocycles. The fourth-order valence-electron chi connectivity index (χ4n) is 3.06. The van der Waals surface area contributed by atoms with Gasteiger partial charge in [0, 0.05) is 39.0 Å². The topological polar surface area (TPSA) is 49.9 Å². The number of rotatable bonds is 1. The summed E-state index contributed by atoms with van der Waals surface area (Å²) in [6.07, 6.45) is 1.81. The molecule has 0 bridgehead atoms. The third-order valence-electron chi connectivity index (χ3n) is 4.02. The van der Waals surface area contributed by atoms with E-state index in [0.717, 1.165) is 12.8 Å². The van der Waals surface area contributed by atoms with Gasteiger partial charge in [0.1, 0.15) is 0 Å². The summed E-state index contributed by atoms with van der Waals surface area (Å²) in [5.74, 6) is 0.429. The number of ether oxygens (including phenoxy) is 1. The van der Waals surface area contributed by atoms with Gasteiger partial charge in [-0.15, -0.1) is 0 Å².